The number of piperidine rings is 1. The summed E-state index contributed by atoms with van der Waals surface area (Å²) in [6, 6.07) is 0.0792. The zero-order valence-corrected chi connectivity index (χ0v) is 24.7. The van der Waals surface area contributed by atoms with Crippen LogP contribution in [0.2, 0.25) is 10.0 Å². The zero-order valence-electron chi connectivity index (χ0n) is 22.4. The Morgan fingerprint density at radius 1 is 1.05 bits per heavy atom. The van der Waals surface area contributed by atoms with Gasteiger partial charge in [-0.05, 0) is 70.3 Å². The summed E-state index contributed by atoms with van der Waals surface area (Å²) < 4.78 is 27.7. The van der Waals surface area contributed by atoms with Crippen LogP contribution in [0.25, 0.3) is 0 Å². The fourth-order valence-electron chi connectivity index (χ4n) is 5.19. The van der Waals surface area contributed by atoms with Crippen molar-refractivity contribution in [1.29, 1.82) is 0 Å². The molecule has 0 radical (unpaired) electrons. The summed E-state index contributed by atoms with van der Waals surface area (Å²) in [5.41, 5.74) is 0. The molecule has 0 saturated carbocycles. The van der Waals surface area contributed by atoms with Crippen molar-refractivity contribution in [1.82, 2.24) is 24.7 Å². The Morgan fingerprint density at radius 3 is 2.21 bits per heavy atom. The van der Waals surface area contributed by atoms with Gasteiger partial charge in [-0.25, -0.2) is 18.0 Å². The molecule has 2 aliphatic heterocycles. The predicted molar refractivity (Wildman–Crippen MR) is 148 cm³/mol. The summed E-state index contributed by atoms with van der Waals surface area (Å²) in [4.78, 5) is 42.0. The molecule has 14 heteroatoms. The molecule has 3 rings (SSSR count). The van der Waals surface area contributed by atoms with Gasteiger partial charge in [0.1, 0.15) is 12.1 Å². The van der Waals surface area contributed by atoms with E-state index in [1.165, 1.54) is 18.2 Å². The number of nitrogens with zero attached hydrogens (tertiary/aromatic N) is 3. The first kappa shape index (κ1) is 31.4. The van der Waals surface area contributed by atoms with Gasteiger partial charge < -0.3 is 25.5 Å². The number of carbonyl (C=O) groups is 3. The average Bonchev–Trinajstić information content (AvgIpc) is 3.36. The third-order valence-electron chi connectivity index (χ3n) is 7.19. The highest BCUT2D eigenvalue weighted by Crippen LogP contribution is 2.30. The van der Waals surface area contributed by atoms with Crippen molar-refractivity contribution in [2.24, 2.45) is 5.92 Å². The van der Waals surface area contributed by atoms with E-state index < -0.39 is 40.0 Å². The number of nitrogens with one attached hydrogen (secondary N) is 2. The maximum atomic E-state index is 13.3. The molecule has 2 fully saturated rings. The number of amides is 3. The summed E-state index contributed by atoms with van der Waals surface area (Å²) >= 11 is 12.0. The third-order valence-corrected chi connectivity index (χ3v) is 9.51. The fraction of sp³-hybridized carbons (Fsp3) is 0.640. The van der Waals surface area contributed by atoms with Crippen LogP contribution in [0.5, 0.6) is 0 Å². The van der Waals surface area contributed by atoms with Crippen molar-refractivity contribution in [3.63, 3.8) is 0 Å². The lowest BCUT2D eigenvalue weighted by Crippen LogP contribution is -2.60. The lowest BCUT2D eigenvalue weighted by molar-refractivity contribution is -0.143. The number of sulfonamides is 1. The van der Waals surface area contributed by atoms with Crippen molar-refractivity contribution < 1.29 is 27.9 Å². The van der Waals surface area contributed by atoms with Gasteiger partial charge in [0.05, 0.1) is 10.9 Å². The van der Waals surface area contributed by atoms with Crippen LogP contribution in [0, 0.1) is 5.92 Å². The monoisotopic (exact) mass is 605 g/mol. The average molecular weight is 607 g/mol. The van der Waals surface area contributed by atoms with Gasteiger partial charge in [-0.15, -0.1) is 0 Å². The van der Waals surface area contributed by atoms with Crippen molar-refractivity contribution in [2.45, 2.75) is 62.0 Å². The highest BCUT2D eigenvalue weighted by Gasteiger charge is 2.42. The number of carboxylic acid groups (broad SMARTS) is 1. The van der Waals surface area contributed by atoms with E-state index in [0.717, 1.165) is 23.7 Å². The summed E-state index contributed by atoms with van der Waals surface area (Å²) in [5.74, 6) is -1.58. The van der Waals surface area contributed by atoms with Crippen molar-refractivity contribution in [3.05, 3.63) is 28.2 Å². The number of halogens is 2. The maximum absolute atomic E-state index is 13.3. The molecule has 3 amide bonds. The van der Waals surface area contributed by atoms with Crippen LogP contribution >= 0.6 is 23.2 Å². The minimum Gasteiger partial charge on any atom is -0.480 e. The molecule has 39 heavy (non-hydrogen) atoms. The molecule has 2 heterocycles. The smallest absolute Gasteiger partial charge is 0.328 e. The second-order valence-corrected chi connectivity index (χ2v) is 13.1. The number of carbonyl (C=O) groups excluding carboxylic acids is 2. The predicted octanol–water partition coefficient (Wildman–Crippen LogP) is 2.48. The fourth-order valence-corrected chi connectivity index (χ4v) is 7.58. The summed E-state index contributed by atoms with van der Waals surface area (Å²) in [6.45, 7) is 3.87. The molecule has 0 aliphatic carbocycles. The standard InChI is InChI=1S/C25H37Cl2N5O6S/c1-4-20(28-25(36)31-10-7-16(8-11-31)15-30(2)3)22(24(34)35)29-23(33)21-6-5-9-32(21)39(37,38)19-13-17(26)12-18(27)14-19/h12-14,16,20-22H,4-11,15H2,1-3H3,(H,28,36)(H,29,33)(H,34,35)/t20?,21-,22-/m0/s1. The van der Waals surface area contributed by atoms with Gasteiger partial charge >= 0.3 is 12.0 Å². The van der Waals surface area contributed by atoms with Crippen LogP contribution in [0.15, 0.2) is 23.1 Å². The summed E-state index contributed by atoms with van der Waals surface area (Å²) in [7, 11) is -0.104. The number of aliphatic carboxylic acids is 1. The number of carboxylic acids is 1. The molecular weight excluding hydrogens is 569 g/mol. The first-order valence-corrected chi connectivity index (χ1v) is 15.2. The number of likely N-dealkylation sites (tertiary alicyclic amines) is 1. The van der Waals surface area contributed by atoms with Crippen LogP contribution in [0.3, 0.4) is 0 Å². The first-order chi connectivity index (χ1) is 18.3. The maximum Gasteiger partial charge on any atom is 0.328 e. The van der Waals surface area contributed by atoms with Crippen LogP contribution in [-0.2, 0) is 19.6 Å². The van der Waals surface area contributed by atoms with Crippen LogP contribution in [-0.4, -0.2) is 104 Å². The van der Waals surface area contributed by atoms with E-state index in [1.807, 2.05) is 14.1 Å². The van der Waals surface area contributed by atoms with E-state index >= 15 is 0 Å². The third kappa shape index (κ3) is 7.97. The molecule has 3 atom stereocenters. The lowest BCUT2D eigenvalue weighted by Gasteiger charge is -2.35. The van der Waals surface area contributed by atoms with Crippen LogP contribution in [0.1, 0.15) is 39.0 Å². The van der Waals surface area contributed by atoms with E-state index in [2.05, 4.69) is 15.5 Å². The van der Waals surface area contributed by atoms with Crippen LogP contribution in [0.4, 0.5) is 4.79 Å². The number of hydrogen-bond acceptors (Lipinski definition) is 6. The minimum absolute atomic E-state index is 0.0833. The molecule has 3 N–H and O–H groups in total. The van der Waals surface area contributed by atoms with E-state index in [0.29, 0.717) is 25.4 Å². The summed E-state index contributed by atoms with van der Waals surface area (Å²) in [6.07, 6.45) is 2.59. The molecule has 0 aromatic heterocycles. The number of rotatable bonds is 10. The molecule has 1 aromatic carbocycles. The lowest BCUT2D eigenvalue weighted by atomic mass is 9.96. The van der Waals surface area contributed by atoms with E-state index in [1.54, 1.807) is 11.8 Å². The zero-order chi connectivity index (χ0) is 28.9. The second-order valence-electron chi connectivity index (χ2n) is 10.4. The normalized spacial score (nSPS) is 20.6. The molecule has 11 nitrogen and oxygen atoms in total. The van der Waals surface area contributed by atoms with E-state index in [4.69, 9.17) is 23.2 Å². The van der Waals surface area contributed by atoms with Crippen molar-refractivity contribution >= 4 is 51.1 Å². The van der Waals surface area contributed by atoms with E-state index in [9.17, 15) is 27.9 Å². The van der Waals surface area contributed by atoms with Crippen molar-refractivity contribution in [2.75, 3.05) is 40.3 Å². The molecular formula is C25H37Cl2N5O6S. The molecule has 218 valence electrons. The highest BCUT2D eigenvalue weighted by molar-refractivity contribution is 7.89. The second kappa shape index (κ2) is 13.5. The highest BCUT2D eigenvalue weighted by atomic mass is 35.5. The first-order valence-electron chi connectivity index (χ1n) is 13.0. The molecule has 0 spiro atoms. The van der Waals surface area contributed by atoms with Gasteiger partial charge in [0.15, 0.2) is 0 Å². The number of benzene rings is 1. The number of hydrogen-bond donors (Lipinski definition) is 3. The molecule has 2 saturated heterocycles. The van der Waals surface area contributed by atoms with Gasteiger partial charge in [0.25, 0.3) is 0 Å². The SMILES string of the molecule is CCC(NC(=O)N1CCC(CN(C)C)CC1)[C@H](NC(=O)[C@@H]1CCCN1S(=O)(=O)c1cc(Cl)cc(Cl)c1)C(=O)O. The Bertz CT molecular complexity index is 1140. The Hall–Kier alpha value is -2.12. The number of urea groups is 1. The topological polar surface area (TPSA) is 139 Å². The minimum atomic E-state index is -4.13. The van der Waals surface area contributed by atoms with E-state index in [-0.39, 0.29) is 40.4 Å². The van der Waals surface area contributed by atoms with Crippen molar-refractivity contribution in [3.8, 4) is 0 Å². The Morgan fingerprint density at radius 2 is 1.67 bits per heavy atom. The Kier molecular flexibility index (Phi) is 10.9. The van der Waals surface area contributed by atoms with Gasteiger partial charge in [-0.2, -0.15) is 4.31 Å². The van der Waals surface area contributed by atoms with Gasteiger partial charge in [0, 0.05) is 36.2 Å². The van der Waals surface area contributed by atoms with Gasteiger partial charge in [-0.1, -0.05) is 30.1 Å². The molecule has 0 bridgehead atoms. The van der Waals surface area contributed by atoms with Gasteiger partial charge in [0.2, 0.25) is 15.9 Å². The quantitative estimate of drug-likeness (QED) is 0.372. The molecule has 1 aromatic rings. The van der Waals surface area contributed by atoms with Crippen LogP contribution < -0.4 is 10.6 Å². The summed E-state index contributed by atoms with van der Waals surface area (Å²) in [5, 5.41) is 15.5. The largest absolute Gasteiger partial charge is 0.480 e. The molecule has 2 aliphatic rings. The molecule has 1 unspecified atom stereocenters. The Labute approximate surface area is 239 Å². The Balaban J connectivity index is 1.68. The van der Waals surface area contributed by atoms with Gasteiger partial charge in [-0.3, -0.25) is 4.79 Å².